The van der Waals surface area contributed by atoms with E-state index in [0.29, 0.717) is 24.2 Å². The van der Waals surface area contributed by atoms with Gasteiger partial charge in [-0.3, -0.25) is 4.90 Å². The van der Waals surface area contributed by atoms with Crippen LogP contribution in [0.25, 0.3) is 0 Å². The third kappa shape index (κ3) is 5.62. The summed E-state index contributed by atoms with van der Waals surface area (Å²) in [6.45, 7) is -0.593. The average Bonchev–Trinajstić information content (AvgIpc) is 2.88. The highest BCUT2D eigenvalue weighted by Gasteiger charge is 2.34. The van der Waals surface area contributed by atoms with Crippen LogP contribution >= 0.6 is 0 Å². The molecule has 9 heteroatoms. The molecule has 1 heterocycles. The third-order valence-corrected chi connectivity index (χ3v) is 3.81. The number of halogens is 3. The number of amides is 2. The number of nitriles is 1. The molecule has 1 saturated heterocycles. The van der Waals surface area contributed by atoms with Crippen LogP contribution in [0.15, 0.2) is 24.3 Å². The first-order valence-electron chi connectivity index (χ1n) is 7.75. The molecule has 0 aromatic heterocycles. The zero-order valence-corrected chi connectivity index (χ0v) is 13.5. The Balaban J connectivity index is 2.05. The molecule has 25 heavy (non-hydrogen) atoms. The number of benzene rings is 1. The molecule has 136 valence electrons. The highest BCUT2D eigenvalue weighted by molar-refractivity contribution is 5.76. The Labute approximate surface area is 143 Å². The van der Waals surface area contributed by atoms with Crippen LogP contribution in [0.1, 0.15) is 11.1 Å². The summed E-state index contributed by atoms with van der Waals surface area (Å²) in [5.41, 5.74) is 1.06. The molecule has 0 bridgehead atoms. The molecule has 1 aromatic rings. The Morgan fingerprint density at radius 3 is 2.40 bits per heavy atom. The minimum atomic E-state index is -4.39. The maximum Gasteiger partial charge on any atom is 0.401 e. The summed E-state index contributed by atoms with van der Waals surface area (Å²) in [4.78, 5) is 16.0. The van der Waals surface area contributed by atoms with Crippen molar-refractivity contribution in [2.75, 3.05) is 39.5 Å². The zero-order chi connectivity index (χ0) is 18.4. The van der Waals surface area contributed by atoms with Gasteiger partial charge in [-0.05, 0) is 17.7 Å². The van der Waals surface area contributed by atoms with Crippen molar-refractivity contribution >= 4 is 6.03 Å². The molecule has 1 N–H and O–H groups in total. The summed E-state index contributed by atoms with van der Waals surface area (Å²) in [6, 6.07) is 7.88. The number of nitrogens with zero attached hydrogens (tertiary/aromatic N) is 4. The zero-order valence-electron chi connectivity index (χ0n) is 13.5. The summed E-state index contributed by atoms with van der Waals surface area (Å²) in [5.74, 6) is 0. The Hall–Kier alpha value is -2.31. The molecule has 2 amide bonds. The van der Waals surface area contributed by atoms with Gasteiger partial charge in [-0.1, -0.05) is 12.1 Å². The van der Waals surface area contributed by atoms with Crippen LogP contribution in [0.5, 0.6) is 0 Å². The molecule has 1 aliphatic heterocycles. The van der Waals surface area contributed by atoms with E-state index in [-0.39, 0.29) is 32.4 Å². The van der Waals surface area contributed by atoms with Gasteiger partial charge >= 0.3 is 12.2 Å². The maximum absolute atomic E-state index is 12.9. The van der Waals surface area contributed by atoms with Crippen LogP contribution in [-0.4, -0.2) is 71.5 Å². The smallest absolute Gasteiger partial charge is 0.395 e. The van der Waals surface area contributed by atoms with Gasteiger partial charge in [0, 0.05) is 26.2 Å². The summed E-state index contributed by atoms with van der Waals surface area (Å²) >= 11 is 0. The number of rotatable bonds is 7. The van der Waals surface area contributed by atoms with Crippen molar-refractivity contribution < 1.29 is 23.1 Å². The first kappa shape index (κ1) is 19.0. The van der Waals surface area contributed by atoms with Crippen LogP contribution in [0.4, 0.5) is 18.0 Å². The molecule has 0 saturated carbocycles. The fraction of sp³-hybridized carbons (Fsp3) is 0.500. The molecule has 2 rings (SSSR count). The van der Waals surface area contributed by atoms with Crippen LogP contribution in [0, 0.1) is 11.3 Å². The van der Waals surface area contributed by atoms with Gasteiger partial charge in [0.05, 0.1) is 31.5 Å². The quantitative estimate of drug-likeness (QED) is 0.806. The van der Waals surface area contributed by atoms with E-state index in [9.17, 15) is 18.0 Å². The predicted octanol–water partition coefficient (Wildman–Crippen LogP) is 1.61. The van der Waals surface area contributed by atoms with E-state index in [1.807, 2.05) is 6.07 Å². The topological polar surface area (TPSA) is 70.8 Å². The van der Waals surface area contributed by atoms with E-state index in [4.69, 9.17) is 10.4 Å². The number of carbonyl (C=O) groups excluding carboxylic acids is 1. The number of carbonyl (C=O) groups is 1. The fourth-order valence-electron chi connectivity index (χ4n) is 2.69. The summed E-state index contributed by atoms with van der Waals surface area (Å²) in [7, 11) is 0. The first-order valence-corrected chi connectivity index (χ1v) is 7.75. The van der Waals surface area contributed by atoms with E-state index >= 15 is 0 Å². The van der Waals surface area contributed by atoms with Crippen molar-refractivity contribution in [3.8, 4) is 6.07 Å². The molecule has 0 unspecified atom stereocenters. The van der Waals surface area contributed by atoms with Crippen molar-refractivity contribution in [1.29, 1.82) is 5.26 Å². The molecule has 1 aromatic carbocycles. The minimum absolute atomic E-state index is 0.00893. The van der Waals surface area contributed by atoms with E-state index in [0.717, 1.165) is 4.90 Å². The lowest BCUT2D eigenvalue weighted by atomic mass is 10.1. The fourth-order valence-corrected chi connectivity index (χ4v) is 2.69. The molecule has 0 aliphatic carbocycles. The number of urea groups is 1. The number of alkyl halides is 3. The standard InChI is InChI=1S/C16H19F3N4O2/c17-16(18,19)11-21(10-14-3-1-13(9-20)2-4-14)12-23-6-5-22(7-8-24)15(23)25/h1-4,24H,5-8,10-12H2. The lowest BCUT2D eigenvalue weighted by molar-refractivity contribution is -0.150. The van der Waals surface area contributed by atoms with Gasteiger partial charge < -0.3 is 14.9 Å². The molecule has 6 nitrogen and oxygen atoms in total. The Bertz CT molecular complexity index is 628. The first-order chi connectivity index (χ1) is 11.8. The molecule has 0 atom stereocenters. The van der Waals surface area contributed by atoms with Crippen molar-refractivity contribution in [3.63, 3.8) is 0 Å². The Morgan fingerprint density at radius 1 is 1.20 bits per heavy atom. The lowest BCUT2D eigenvalue weighted by Gasteiger charge is -2.28. The highest BCUT2D eigenvalue weighted by Crippen LogP contribution is 2.20. The van der Waals surface area contributed by atoms with Crippen LogP contribution in [0.2, 0.25) is 0 Å². The van der Waals surface area contributed by atoms with Crippen LogP contribution in [0.3, 0.4) is 0 Å². The van der Waals surface area contributed by atoms with Gasteiger partial charge in [0.25, 0.3) is 0 Å². The van der Waals surface area contributed by atoms with Crippen LogP contribution in [-0.2, 0) is 6.54 Å². The second-order valence-electron chi connectivity index (χ2n) is 5.81. The summed E-state index contributed by atoms with van der Waals surface area (Å²) < 4.78 is 38.6. The van der Waals surface area contributed by atoms with Crippen LogP contribution < -0.4 is 0 Å². The van der Waals surface area contributed by atoms with Crippen molar-refractivity contribution in [2.45, 2.75) is 12.7 Å². The van der Waals surface area contributed by atoms with Crippen molar-refractivity contribution in [1.82, 2.24) is 14.7 Å². The largest absolute Gasteiger partial charge is 0.401 e. The van der Waals surface area contributed by atoms with Gasteiger partial charge in [-0.25, -0.2) is 4.79 Å². The molecule has 0 spiro atoms. The number of aliphatic hydroxyl groups excluding tert-OH is 1. The maximum atomic E-state index is 12.9. The predicted molar refractivity (Wildman–Crippen MR) is 83.2 cm³/mol. The molecule has 1 fully saturated rings. The monoisotopic (exact) mass is 356 g/mol. The van der Waals surface area contributed by atoms with E-state index in [2.05, 4.69) is 0 Å². The summed E-state index contributed by atoms with van der Waals surface area (Å²) in [6.07, 6.45) is -4.39. The number of hydrogen-bond donors (Lipinski definition) is 1. The molecule has 1 aliphatic rings. The van der Waals surface area contributed by atoms with E-state index in [1.165, 1.54) is 9.80 Å². The normalized spacial score (nSPS) is 15.1. The SMILES string of the molecule is N#Cc1ccc(CN(CN2CCN(CCO)C2=O)CC(F)(F)F)cc1. The second-order valence-corrected chi connectivity index (χ2v) is 5.81. The molecular weight excluding hydrogens is 337 g/mol. The van der Waals surface area contributed by atoms with Gasteiger partial charge in [-0.2, -0.15) is 18.4 Å². The van der Waals surface area contributed by atoms with E-state index in [1.54, 1.807) is 24.3 Å². The van der Waals surface area contributed by atoms with Crippen molar-refractivity contribution in [2.24, 2.45) is 0 Å². The molecular formula is C16H19F3N4O2. The highest BCUT2D eigenvalue weighted by atomic mass is 19.4. The third-order valence-electron chi connectivity index (χ3n) is 3.81. The van der Waals surface area contributed by atoms with Gasteiger partial charge in [0.1, 0.15) is 0 Å². The van der Waals surface area contributed by atoms with Gasteiger partial charge in [-0.15, -0.1) is 0 Å². The molecule has 0 radical (unpaired) electrons. The van der Waals surface area contributed by atoms with Crippen molar-refractivity contribution in [3.05, 3.63) is 35.4 Å². The summed E-state index contributed by atoms with van der Waals surface area (Å²) in [5, 5.41) is 17.7. The van der Waals surface area contributed by atoms with E-state index < -0.39 is 12.7 Å². The van der Waals surface area contributed by atoms with Gasteiger partial charge in [0.15, 0.2) is 0 Å². The lowest BCUT2D eigenvalue weighted by Crippen LogP contribution is -2.44. The van der Waals surface area contributed by atoms with Gasteiger partial charge in [0.2, 0.25) is 0 Å². The second kappa shape index (κ2) is 8.18. The minimum Gasteiger partial charge on any atom is -0.395 e. The Kier molecular flexibility index (Phi) is 6.22. The number of aliphatic hydroxyl groups is 1. The Morgan fingerprint density at radius 2 is 1.84 bits per heavy atom. The number of hydrogen-bond acceptors (Lipinski definition) is 4. The number of β-amino-alcohol motifs (C(OH)–C–C–N with tert-alkyl or cyclic N) is 1. The average molecular weight is 356 g/mol.